The summed E-state index contributed by atoms with van der Waals surface area (Å²) in [6, 6.07) is 9.56. The Kier molecular flexibility index (Phi) is 5.15. The number of hydrogen-bond donors (Lipinski definition) is 2. The molecule has 4 nitrogen and oxygen atoms in total. The van der Waals surface area contributed by atoms with E-state index in [9.17, 15) is 4.79 Å². The maximum absolute atomic E-state index is 12.2. The molecule has 2 rings (SSSR count). The first kappa shape index (κ1) is 15.0. The van der Waals surface area contributed by atoms with E-state index >= 15 is 0 Å². The van der Waals surface area contributed by atoms with Crippen LogP contribution in [0.2, 0.25) is 0 Å². The highest BCUT2D eigenvalue weighted by molar-refractivity contribution is 5.79. The Balaban J connectivity index is 1.82. The fourth-order valence-electron chi connectivity index (χ4n) is 2.73. The van der Waals surface area contributed by atoms with Crippen molar-refractivity contribution in [3.8, 4) is 0 Å². The third-order valence-electron chi connectivity index (χ3n) is 4.19. The number of benzene rings is 1. The highest BCUT2D eigenvalue weighted by Gasteiger charge is 2.24. The van der Waals surface area contributed by atoms with Gasteiger partial charge >= 0.3 is 0 Å². The highest BCUT2D eigenvalue weighted by Crippen LogP contribution is 2.19. The quantitative estimate of drug-likeness (QED) is 0.854. The Bertz CT molecular complexity index is 435. The number of amides is 1. The maximum atomic E-state index is 12.2. The lowest BCUT2D eigenvalue weighted by Crippen LogP contribution is -2.38. The summed E-state index contributed by atoms with van der Waals surface area (Å²) >= 11 is 0. The van der Waals surface area contributed by atoms with Gasteiger partial charge in [-0.1, -0.05) is 37.3 Å². The number of likely N-dealkylation sites (tertiary alicyclic amines) is 1. The zero-order chi connectivity index (χ0) is 14.5. The van der Waals surface area contributed by atoms with Crippen molar-refractivity contribution in [2.45, 2.75) is 19.4 Å². The van der Waals surface area contributed by atoms with Crippen LogP contribution >= 0.6 is 0 Å². The van der Waals surface area contributed by atoms with Crippen LogP contribution in [0.1, 0.15) is 24.9 Å². The molecule has 1 saturated heterocycles. The molecule has 1 aromatic carbocycles. The number of carbonyl (C=O) groups excluding carboxylic acids is 1. The lowest BCUT2D eigenvalue weighted by molar-refractivity contribution is -0.125. The predicted molar refractivity (Wildman–Crippen MR) is 81.1 cm³/mol. The lowest BCUT2D eigenvalue weighted by Gasteiger charge is -2.21. The van der Waals surface area contributed by atoms with Crippen molar-refractivity contribution < 1.29 is 4.79 Å². The molecule has 110 valence electrons. The molecule has 4 heteroatoms. The van der Waals surface area contributed by atoms with Crippen LogP contribution in [0.25, 0.3) is 0 Å². The third-order valence-corrected chi connectivity index (χ3v) is 4.19. The molecule has 0 radical (unpaired) electrons. The largest absolute Gasteiger partial charge is 0.355 e. The van der Waals surface area contributed by atoms with Gasteiger partial charge in [0.1, 0.15) is 0 Å². The number of nitrogens with one attached hydrogen (secondary N) is 1. The molecule has 0 aliphatic carbocycles. The predicted octanol–water partition coefficient (Wildman–Crippen LogP) is 1.39. The first-order chi connectivity index (χ1) is 9.58. The Morgan fingerprint density at radius 3 is 2.75 bits per heavy atom. The van der Waals surface area contributed by atoms with Crippen molar-refractivity contribution in [2.24, 2.45) is 17.6 Å². The first-order valence-electron chi connectivity index (χ1n) is 7.34. The van der Waals surface area contributed by atoms with E-state index in [4.69, 9.17) is 5.73 Å². The fourth-order valence-corrected chi connectivity index (χ4v) is 2.73. The van der Waals surface area contributed by atoms with Crippen LogP contribution in [0.3, 0.4) is 0 Å². The van der Waals surface area contributed by atoms with E-state index in [-0.39, 0.29) is 17.9 Å². The van der Waals surface area contributed by atoms with Crippen LogP contribution in [0, 0.1) is 11.8 Å². The molecule has 1 aromatic rings. The minimum Gasteiger partial charge on any atom is -0.355 e. The molecule has 0 bridgehead atoms. The van der Waals surface area contributed by atoms with Crippen molar-refractivity contribution >= 4 is 5.91 Å². The van der Waals surface area contributed by atoms with Gasteiger partial charge in [-0.25, -0.2) is 0 Å². The molecule has 20 heavy (non-hydrogen) atoms. The van der Waals surface area contributed by atoms with Crippen LogP contribution in [0.5, 0.6) is 0 Å². The van der Waals surface area contributed by atoms with Crippen LogP contribution < -0.4 is 11.1 Å². The molecule has 3 unspecified atom stereocenters. The Labute approximate surface area is 121 Å². The summed E-state index contributed by atoms with van der Waals surface area (Å²) in [7, 11) is 2.12. The lowest BCUT2D eigenvalue weighted by atomic mass is 9.94. The van der Waals surface area contributed by atoms with Crippen molar-refractivity contribution in [1.82, 2.24) is 10.2 Å². The van der Waals surface area contributed by atoms with E-state index in [1.807, 2.05) is 37.3 Å². The van der Waals surface area contributed by atoms with Crippen molar-refractivity contribution in [1.29, 1.82) is 0 Å². The Morgan fingerprint density at radius 2 is 2.15 bits per heavy atom. The zero-order valence-electron chi connectivity index (χ0n) is 12.4. The summed E-state index contributed by atoms with van der Waals surface area (Å²) in [5.41, 5.74) is 7.19. The summed E-state index contributed by atoms with van der Waals surface area (Å²) in [5, 5.41) is 3.05. The summed E-state index contributed by atoms with van der Waals surface area (Å²) < 4.78 is 0. The van der Waals surface area contributed by atoms with Gasteiger partial charge in [0, 0.05) is 19.1 Å². The van der Waals surface area contributed by atoms with E-state index in [1.54, 1.807) is 0 Å². The van der Waals surface area contributed by atoms with E-state index in [2.05, 4.69) is 17.3 Å². The maximum Gasteiger partial charge on any atom is 0.224 e. The topological polar surface area (TPSA) is 58.4 Å². The van der Waals surface area contributed by atoms with Gasteiger partial charge in [0.05, 0.1) is 5.92 Å². The molecule has 1 aliphatic rings. The van der Waals surface area contributed by atoms with Gasteiger partial charge < -0.3 is 16.0 Å². The number of carbonyl (C=O) groups is 1. The Morgan fingerprint density at radius 1 is 1.45 bits per heavy atom. The number of nitrogens with zero attached hydrogens (tertiary/aromatic N) is 1. The van der Waals surface area contributed by atoms with Gasteiger partial charge in [-0.2, -0.15) is 0 Å². The standard InChI is InChI=1S/C16H25N3O/c1-12(15(17)14-6-4-3-5-7-14)16(20)18-10-13-8-9-19(2)11-13/h3-7,12-13,15H,8-11,17H2,1-2H3,(H,18,20). The molecule has 3 N–H and O–H groups in total. The van der Waals surface area contributed by atoms with Gasteiger partial charge in [-0.15, -0.1) is 0 Å². The van der Waals surface area contributed by atoms with Crippen molar-refractivity contribution in [3.05, 3.63) is 35.9 Å². The van der Waals surface area contributed by atoms with E-state index in [1.165, 1.54) is 0 Å². The molecule has 1 fully saturated rings. The minimum atomic E-state index is -0.248. The van der Waals surface area contributed by atoms with E-state index in [0.29, 0.717) is 5.92 Å². The molecule has 0 aromatic heterocycles. The second-order valence-corrected chi connectivity index (χ2v) is 5.89. The smallest absolute Gasteiger partial charge is 0.224 e. The van der Waals surface area contributed by atoms with Crippen LogP contribution in [0.15, 0.2) is 30.3 Å². The van der Waals surface area contributed by atoms with Crippen LogP contribution in [-0.4, -0.2) is 37.5 Å². The number of nitrogens with two attached hydrogens (primary N) is 1. The van der Waals surface area contributed by atoms with Crippen LogP contribution in [0.4, 0.5) is 0 Å². The number of rotatable bonds is 5. The first-order valence-corrected chi connectivity index (χ1v) is 7.34. The molecule has 3 atom stereocenters. The summed E-state index contributed by atoms with van der Waals surface area (Å²) in [6.45, 7) is 4.85. The second kappa shape index (κ2) is 6.86. The molecular formula is C16H25N3O. The van der Waals surface area contributed by atoms with Gasteiger partial charge in [0.25, 0.3) is 0 Å². The monoisotopic (exact) mass is 275 g/mol. The Hall–Kier alpha value is -1.39. The molecule has 0 spiro atoms. The summed E-state index contributed by atoms with van der Waals surface area (Å²) in [4.78, 5) is 14.5. The highest BCUT2D eigenvalue weighted by atomic mass is 16.1. The van der Waals surface area contributed by atoms with Gasteiger partial charge in [-0.3, -0.25) is 4.79 Å². The minimum absolute atomic E-state index is 0.0518. The summed E-state index contributed by atoms with van der Waals surface area (Å²) in [5.74, 6) is 0.413. The fraction of sp³-hybridized carbons (Fsp3) is 0.562. The second-order valence-electron chi connectivity index (χ2n) is 5.89. The van der Waals surface area contributed by atoms with E-state index in [0.717, 1.165) is 31.6 Å². The van der Waals surface area contributed by atoms with Crippen molar-refractivity contribution in [3.63, 3.8) is 0 Å². The molecule has 0 saturated carbocycles. The van der Waals surface area contributed by atoms with Gasteiger partial charge in [-0.05, 0) is 31.5 Å². The normalized spacial score (nSPS) is 22.4. The average Bonchev–Trinajstić information content (AvgIpc) is 2.89. The molecule has 1 amide bonds. The van der Waals surface area contributed by atoms with Gasteiger partial charge in [0.15, 0.2) is 0 Å². The SMILES string of the molecule is CC(C(=O)NCC1CCN(C)C1)C(N)c1ccccc1. The molecular weight excluding hydrogens is 250 g/mol. The third kappa shape index (κ3) is 3.81. The van der Waals surface area contributed by atoms with Crippen LogP contribution in [-0.2, 0) is 4.79 Å². The average molecular weight is 275 g/mol. The van der Waals surface area contributed by atoms with E-state index < -0.39 is 0 Å². The van der Waals surface area contributed by atoms with Gasteiger partial charge in [0.2, 0.25) is 5.91 Å². The molecule has 1 aliphatic heterocycles. The number of hydrogen-bond acceptors (Lipinski definition) is 3. The van der Waals surface area contributed by atoms with Crippen molar-refractivity contribution in [2.75, 3.05) is 26.7 Å². The summed E-state index contributed by atoms with van der Waals surface area (Å²) in [6.07, 6.45) is 1.16. The molecule has 1 heterocycles. The zero-order valence-corrected chi connectivity index (χ0v) is 12.4.